The summed E-state index contributed by atoms with van der Waals surface area (Å²) in [5, 5.41) is 12.4. The highest BCUT2D eigenvalue weighted by Gasteiger charge is 2.04. The fraction of sp³-hybridized carbons (Fsp3) is 0. The summed E-state index contributed by atoms with van der Waals surface area (Å²) in [6.07, 6.45) is 0. The smallest absolute Gasteiger partial charge is 0.304 e. The largest absolute Gasteiger partial charge is 0.364 e. The van der Waals surface area contributed by atoms with Crippen LogP contribution in [0.1, 0.15) is 0 Å². The SMILES string of the molecule is O=C(N=Nc1ccccc1)Nc1cccc2ccccc12. The highest BCUT2D eigenvalue weighted by molar-refractivity contribution is 6.01. The predicted octanol–water partition coefficient (Wildman–Crippen LogP) is 5.16. The number of carbonyl (C=O) groups is 1. The van der Waals surface area contributed by atoms with Crippen molar-refractivity contribution in [1.29, 1.82) is 0 Å². The van der Waals surface area contributed by atoms with Gasteiger partial charge in [-0.15, -0.1) is 5.11 Å². The van der Waals surface area contributed by atoms with E-state index in [2.05, 4.69) is 15.5 Å². The second-order valence-electron chi connectivity index (χ2n) is 4.49. The molecule has 0 spiro atoms. The molecule has 0 fully saturated rings. The minimum Gasteiger partial charge on any atom is -0.304 e. The van der Waals surface area contributed by atoms with Crippen LogP contribution in [0, 0.1) is 0 Å². The molecule has 3 aromatic rings. The maximum Gasteiger partial charge on any atom is 0.364 e. The van der Waals surface area contributed by atoms with Crippen LogP contribution in [0.15, 0.2) is 83.0 Å². The summed E-state index contributed by atoms with van der Waals surface area (Å²) in [6.45, 7) is 0. The number of carbonyl (C=O) groups excluding carboxylic acids is 1. The molecule has 0 bridgehead atoms. The van der Waals surface area contributed by atoms with Crippen LogP contribution < -0.4 is 5.32 Å². The highest BCUT2D eigenvalue weighted by atomic mass is 16.2. The minimum atomic E-state index is -0.491. The number of anilines is 1. The Bertz CT molecular complexity index is 792. The van der Waals surface area contributed by atoms with Crippen molar-refractivity contribution in [3.05, 3.63) is 72.8 Å². The van der Waals surface area contributed by atoms with E-state index < -0.39 is 6.03 Å². The Morgan fingerprint density at radius 2 is 1.52 bits per heavy atom. The molecule has 0 saturated heterocycles. The molecule has 0 saturated carbocycles. The van der Waals surface area contributed by atoms with Crippen molar-refractivity contribution in [3.63, 3.8) is 0 Å². The van der Waals surface area contributed by atoms with Crippen LogP contribution in [0.2, 0.25) is 0 Å². The second-order valence-corrected chi connectivity index (χ2v) is 4.49. The van der Waals surface area contributed by atoms with Crippen molar-refractivity contribution in [2.24, 2.45) is 10.2 Å². The van der Waals surface area contributed by atoms with Gasteiger partial charge >= 0.3 is 6.03 Å². The average molecular weight is 275 g/mol. The molecule has 21 heavy (non-hydrogen) atoms. The predicted molar refractivity (Wildman–Crippen MR) is 83.9 cm³/mol. The molecule has 0 unspecified atom stereocenters. The van der Waals surface area contributed by atoms with Crippen LogP contribution in [-0.4, -0.2) is 6.03 Å². The molecule has 102 valence electrons. The Morgan fingerprint density at radius 1 is 0.810 bits per heavy atom. The second kappa shape index (κ2) is 5.96. The standard InChI is InChI=1S/C17H13N3O/c21-17(20-19-14-9-2-1-3-10-14)18-16-12-6-8-13-7-4-5-11-15(13)16/h1-12H,(H,18,21). The van der Waals surface area contributed by atoms with Crippen molar-refractivity contribution < 1.29 is 4.79 Å². The summed E-state index contributed by atoms with van der Waals surface area (Å²) < 4.78 is 0. The minimum absolute atomic E-state index is 0.491. The molecule has 0 aliphatic carbocycles. The van der Waals surface area contributed by atoms with E-state index in [4.69, 9.17) is 0 Å². The summed E-state index contributed by atoms with van der Waals surface area (Å²) in [7, 11) is 0. The van der Waals surface area contributed by atoms with Gasteiger partial charge in [-0.1, -0.05) is 59.7 Å². The molecular formula is C17H13N3O. The lowest BCUT2D eigenvalue weighted by Crippen LogP contribution is -2.05. The summed E-state index contributed by atoms with van der Waals surface area (Å²) in [5.74, 6) is 0. The lowest BCUT2D eigenvalue weighted by Gasteiger charge is -2.05. The number of rotatable bonds is 2. The topological polar surface area (TPSA) is 53.8 Å². The number of azo groups is 1. The van der Waals surface area contributed by atoms with E-state index in [9.17, 15) is 4.79 Å². The first kappa shape index (κ1) is 13.0. The Morgan fingerprint density at radius 3 is 2.38 bits per heavy atom. The zero-order valence-electron chi connectivity index (χ0n) is 11.2. The van der Waals surface area contributed by atoms with Crippen LogP contribution >= 0.6 is 0 Å². The first-order valence-electron chi connectivity index (χ1n) is 6.58. The van der Waals surface area contributed by atoms with E-state index >= 15 is 0 Å². The lowest BCUT2D eigenvalue weighted by atomic mass is 10.1. The van der Waals surface area contributed by atoms with Gasteiger partial charge in [-0.25, -0.2) is 4.79 Å². The highest BCUT2D eigenvalue weighted by Crippen LogP contribution is 2.23. The van der Waals surface area contributed by atoms with Crippen molar-refractivity contribution in [2.45, 2.75) is 0 Å². The number of nitrogens with one attached hydrogen (secondary N) is 1. The quantitative estimate of drug-likeness (QED) is 0.645. The fourth-order valence-electron chi connectivity index (χ4n) is 2.07. The third kappa shape index (κ3) is 3.12. The maximum absolute atomic E-state index is 11.9. The molecule has 0 radical (unpaired) electrons. The van der Waals surface area contributed by atoms with E-state index in [1.54, 1.807) is 12.1 Å². The van der Waals surface area contributed by atoms with Gasteiger partial charge in [0.1, 0.15) is 0 Å². The first-order valence-corrected chi connectivity index (χ1v) is 6.58. The van der Waals surface area contributed by atoms with Gasteiger partial charge in [0, 0.05) is 5.39 Å². The Labute approximate surface area is 122 Å². The van der Waals surface area contributed by atoms with Gasteiger partial charge in [-0.05, 0) is 23.6 Å². The summed E-state index contributed by atoms with van der Waals surface area (Å²) >= 11 is 0. The van der Waals surface area contributed by atoms with Crippen LogP contribution in [0.4, 0.5) is 16.2 Å². The lowest BCUT2D eigenvalue weighted by molar-refractivity contribution is 0.258. The van der Waals surface area contributed by atoms with Crippen molar-refractivity contribution in [3.8, 4) is 0 Å². The molecule has 4 heteroatoms. The van der Waals surface area contributed by atoms with Gasteiger partial charge in [-0.3, -0.25) is 0 Å². The molecular weight excluding hydrogens is 262 g/mol. The van der Waals surface area contributed by atoms with E-state index in [1.165, 1.54) is 0 Å². The normalized spacial score (nSPS) is 10.9. The van der Waals surface area contributed by atoms with Crippen molar-refractivity contribution in [1.82, 2.24) is 0 Å². The van der Waals surface area contributed by atoms with E-state index in [-0.39, 0.29) is 0 Å². The van der Waals surface area contributed by atoms with Gasteiger partial charge in [0.25, 0.3) is 0 Å². The molecule has 0 heterocycles. The number of amides is 2. The zero-order chi connectivity index (χ0) is 14.5. The van der Waals surface area contributed by atoms with Crippen LogP contribution in [-0.2, 0) is 0 Å². The number of urea groups is 1. The average Bonchev–Trinajstić information content (AvgIpc) is 2.54. The maximum atomic E-state index is 11.9. The van der Waals surface area contributed by atoms with Crippen LogP contribution in [0.25, 0.3) is 10.8 Å². The van der Waals surface area contributed by atoms with Crippen molar-refractivity contribution in [2.75, 3.05) is 5.32 Å². The zero-order valence-corrected chi connectivity index (χ0v) is 11.2. The number of hydrogen-bond acceptors (Lipinski definition) is 2. The third-order valence-electron chi connectivity index (χ3n) is 3.04. The van der Waals surface area contributed by atoms with Crippen molar-refractivity contribution >= 4 is 28.2 Å². The third-order valence-corrected chi connectivity index (χ3v) is 3.04. The van der Waals surface area contributed by atoms with Gasteiger partial charge in [0.15, 0.2) is 0 Å². The monoisotopic (exact) mass is 275 g/mol. The molecule has 3 aromatic carbocycles. The number of fused-ring (bicyclic) bond motifs is 1. The molecule has 0 atom stereocenters. The van der Waals surface area contributed by atoms with Gasteiger partial charge in [0.2, 0.25) is 0 Å². The van der Waals surface area contributed by atoms with Crippen LogP contribution in [0.3, 0.4) is 0 Å². The number of nitrogens with zero attached hydrogens (tertiary/aromatic N) is 2. The molecule has 0 aliphatic heterocycles. The number of hydrogen-bond donors (Lipinski definition) is 1. The molecule has 4 nitrogen and oxygen atoms in total. The number of benzene rings is 3. The summed E-state index contributed by atoms with van der Waals surface area (Å²) in [4.78, 5) is 11.9. The first-order chi connectivity index (χ1) is 10.3. The molecule has 0 aromatic heterocycles. The van der Waals surface area contributed by atoms with Gasteiger partial charge in [0.05, 0.1) is 11.4 Å². The Hall–Kier alpha value is -3.01. The fourth-order valence-corrected chi connectivity index (χ4v) is 2.07. The summed E-state index contributed by atoms with van der Waals surface area (Å²) in [6, 6.07) is 22.2. The van der Waals surface area contributed by atoms with E-state index in [0.29, 0.717) is 5.69 Å². The van der Waals surface area contributed by atoms with E-state index in [0.717, 1.165) is 16.5 Å². The summed E-state index contributed by atoms with van der Waals surface area (Å²) in [5.41, 5.74) is 1.37. The molecule has 1 N–H and O–H groups in total. The van der Waals surface area contributed by atoms with Crippen LogP contribution in [0.5, 0.6) is 0 Å². The van der Waals surface area contributed by atoms with Gasteiger partial charge < -0.3 is 5.32 Å². The van der Waals surface area contributed by atoms with E-state index in [1.807, 2.05) is 60.7 Å². The Balaban J connectivity index is 1.79. The molecule has 0 aliphatic rings. The Kier molecular flexibility index (Phi) is 3.69. The molecule has 2 amide bonds. The van der Waals surface area contributed by atoms with Gasteiger partial charge in [-0.2, -0.15) is 0 Å². The molecule has 3 rings (SSSR count).